The van der Waals surface area contributed by atoms with Crippen molar-refractivity contribution in [1.82, 2.24) is 10.2 Å². The smallest absolute Gasteiger partial charge is 0.244 e. The molecule has 0 aliphatic rings. The fourth-order valence-corrected chi connectivity index (χ4v) is 4.68. The number of amides is 2. The van der Waals surface area contributed by atoms with Crippen LogP contribution in [0.25, 0.3) is 0 Å². The Morgan fingerprint density at radius 2 is 1.73 bits per heavy atom. The fourth-order valence-electron chi connectivity index (χ4n) is 3.07. The second kappa shape index (κ2) is 11.9. The lowest BCUT2D eigenvalue weighted by Gasteiger charge is -2.32. The van der Waals surface area contributed by atoms with Crippen molar-refractivity contribution in [3.63, 3.8) is 0 Å². The maximum absolute atomic E-state index is 13.4. The van der Waals surface area contributed by atoms with Crippen LogP contribution in [-0.2, 0) is 26.2 Å². The zero-order valence-electron chi connectivity index (χ0n) is 18.5. The highest BCUT2D eigenvalue weighted by Crippen LogP contribution is 2.30. The molecule has 0 saturated carbocycles. The number of nitrogens with zero attached hydrogens (tertiary/aromatic N) is 2. The maximum Gasteiger partial charge on any atom is 0.244 e. The van der Waals surface area contributed by atoms with E-state index in [1.54, 1.807) is 31.2 Å². The van der Waals surface area contributed by atoms with Crippen LogP contribution in [0.15, 0.2) is 42.5 Å². The van der Waals surface area contributed by atoms with Gasteiger partial charge in [-0.3, -0.25) is 13.9 Å². The van der Waals surface area contributed by atoms with Gasteiger partial charge in [0.2, 0.25) is 21.8 Å². The number of benzene rings is 2. The first-order valence-electron chi connectivity index (χ1n) is 10.2. The summed E-state index contributed by atoms with van der Waals surface area (Å²) in [6.07, 6.45) is 1.70. The standard InChI is InChI=1S/C22H26Cl3N3O4S/c1-4-11-26-22(30)15(2)27(13-16-7-5-6-8-18(16)24)21(29)14-28(33(3,31)32)20-10-9-17(23)12-19(20)25/h5-10,12,15H,4,11,13-14H2,1-3H3,(H,26,30). The summed E-state index contributed by atoms with van der Waals surface area (Å²) in [5.74, 6) is -0.946. The summed E-state index contributed by atoms with van der Waals surface area (Å²) in [5, 5.41) is 3.59. The monoisotopic (exact) mass is 533 g/mol. The van der Waals surface area contributed by atoms with E-state index < -0.39 is 28.5 Å². The minimum atomic E-state index is -3.89. The highest BCUT2D eigenvalue weighted by molar-refractivity contribution is 7.92. The fraction of sp³-hybridized carbons (Fsp3) is 0.364. The molecule has 2 aromatic rings. The van der Waals surface area contributed by atoms with Crippen LogP contribution in [0.3, 0.4) is 0 Å². The predicted molar refractivity (Wildman–Crippen MR) is 133 cm³/mol. The zero-order chi connectivity index (χ0) is 24.8. The van der Waals surface area contributed by atoms with Crippen molar-refractivity contribution in [1.29, 1.82) is 0 Å². The highest BCUT2D eigenvalue weighted by atomic mass is 35.5. The number of nitrogens with one attached hydrogen (secondary N) is 1. The minimum Gasteiger partial charge on any atom is -0.354 e. The molecule has 2 aromatic carbocycles. The summed E-state index contributed by atoms with van der Waals surface area (Å²) in [5.41, 5.74) is 0.732. The van der Waals surface area contributed by atoms with Crippen molar-refractivity contribution in [3.8, 4) is 0 Å². The van der Waals surface area contributed by atoms with Crippen LogP contribution < -0.4 is 9.62 Å². The zero-order valence-corrected chi connectivity index (χ0v) is 21.6. The van der Waals surface area contributed by atoms with Crippen LogP contribution in [0.5, 0.6) is 0 Å². The van der Waals surface area contributed by atoms with Gasteiger partial charge in [-0.1, -0.05) is 59.9 Å². The predicted octanol–water partition coefficient (Wildman–Crippen LogP) is 4.36. The van der Waals surface area contributed by atoms with E-state index in [0.717, 1.165) is 17.0 Å². The highest BCUT2D eigenvalue weighted by Gasteiger charge is 2.31. The first-order valence-corrected chi connectivity index (χ1v) is 13.2. The summed E-state index contributed by atoms with van der Waals surface area (Å²) >= 11 is 18.4. The molecule has 7 nitrogen and oxygen atoms in total. The van der Waals surface area contributed by atoms with Crippen molar-refractivity contribution in [3.05, 3.63) is 63.1 Å². The molecule has 0 heterocycles. The molecule has 1 N–H and O–H groups in total. The maximum atomic E-state index is 13.4. The molecule has 0 aromatic heterocycles. The third-order valence-electron chi connectivity index (χ3n) is 4.87. The molecule has 0 saturated heterocycles. The van der Waals surface area contributed by atoms with Crippen molar-refractivity contribution in [2.45, 2.75) is 32.9 Å². The van der Waals surface area contributed by atoms with Crippen molar-refractivity contribution in [2.24, 2.45) is 0 Å². The number of carbonyl (C=O) groups excluding carboxylic acids is 2. The van der Waals surface area contributed by atoms with Gasteiger partial charge in [-0.25, -0.2) is 8.42 Å². The Labute approximate surface area is 209 Å². The molecule has 2 rings (SSSR count). The van der Waals surface area contributed by atoms with Gasteiger partial charge in [-0.05, 0) is 43.2 Å². The number of sulfonamides is 1. The average molecular weight is 535 g/mol. The van der Waals surface area contributed by atoms with Crippen LogP contribution in [-0.4, -0.2) is 50.5 Å². The van der Waals surface area contributed by atoms with Gasteiger partial charge in [0.25, 0.3) is 0 Å². The number of hydrogen-bond donors (Lipinski definition) is 1. The van der Waals surface area contributed by atoms with E-state index >= 15 is 0 Å². The molecular formula is C22H26Cl3N3O4S. The number of halogens is 3. The average Bonchev–Trinajstić information content (AvgIpc) is 2.74. The Balaban J connectivity index is 2.42. The molecule has 2 amide bonds. The molecule has 0 fully saturated rings. The number of anilines is 1. The van der Waals surface area contributed by atoms with Gasteiger partial charge in [-0.2, -0.15) is 0 Å². The first kappa shape index (κ1) is 27.2. The van der Waals surface area contributed by atoms with Gasteiger partial charge >= 0.3 is 0 Å². The van der Waals surface area contributed by atoms with E-state index in [0.29, 0.717) is 22.2 Å². The van der Waals surface area contributed by atoms with E-state index in [9.17, 15) is 18.0 Å². The Bertz CT molecular complexity index is 1110. The van der Waals surface area contributed by atoms with Gasteiger partial charge < -0.3 is 10.2 Å². The Hall–Kier alpha value is -2.00. The number of hydrogen-bond acceptors (Lipinski definition) is 4. The summed E-state index contributed by atoms with van der Waals surface area (Å²) in [6, 6.07) is 10.4. The van der Waals surface area contributed by atoms with E-state index in [4.69, 9.17) is 34.8 Å². The molecule has 1 atom stereocenters. The molecule has 0 spiro atoms. The lowest BCUT2D eigenvalue weighted by molar-refractivity contribution is -0.139. The van der Waals surface area contributed by atoms with E-state index in [1.807, 2.05) is 6.92 Å². The van der Waals surface area contributed by atoms with E-state index in [1.165, 1.54) is 23.1 Å². The van der Waals surface area contributed by atoms with Gasteiger partial charge in [-0.15, -0.1) is 0 Å². The topological polar surface area (TPSA) is 86.8 Å². The second-order valence-electron chi connectivity index (χ2n) is 7.45. The first-order chi connectivity index (χ1) is 15.5. The van der Waals surface area contributed by atoms with Crippen LogP contribution in [0.2, 0.25) is 15.1 Å². The molecular weight excluding hydrogens is 509 g/mol. The van der Waals surface area contributed by atoms with Gasteiger partial charge in [0.15, 0.2) is 0 Å². The van der Waals surface area contributed by atoms with Crippen LogP contribution in [0.1, 0.15) is 25.8 Å². The van der Waals surface area contributed by atoms with Crippen molar-refractivity contribution >= 4 is 62.3 Å². The van der Waals surface area contributed by atoms with Crippen molar-refractivity contribution < 1.29 is 18.0 Å². The minimum absolute atomic E-state index is 0.0190. The van der Waals surface area contributed by atoms with Gasteiger partial charge in [0.05, 0.1) is 17.0 Å². The Morgan fingerprint density at radius 1 is 1.06 bits per heavy atom. The third-order valence-corrected chi connectivity index (χ3v) is 6.91. The summed E-state index contributed by atoms with van der Waals surface area (Å²) in [6.45, 7) is 3.41. The molecule has 0 radical (unpaired) electrons. The van der Waals surface area contributed by atoms with E-state index in [-0.39, 0.29) is 23.2 Å². The summed E-state index contributed by atoms with van der Waals surface area (Å²) in [4.78, 5) is 27.4. The molecule has 11 heteroatoms. The third kappa shape index (κ3) is 7.50. The molecule has 0 aliphatic carbocycles. The second-order valence-corrected chi connectivity index (χ2v) is 10.6. The quantitative estimate of drug-likeness (QED) is 0.491. The molecule has 0 aliphatic heterocycles. The normalized spacial score (nSPS) is 12.2. The summed E-state index contributed by atoms with van der Waals surface area (Å²) in [7, 11) is -3.89. The Kier molecular flexibility index (Phi) is 9.84. The lowest BCUT2D eigenvalue weighted by atomic mass is 10.1. The SMILES string of the molecule is CCCNC(=O)C(C)N(Cc1ccccc1Cl)C(=O)CN(c1ccc(Cl)cc1Cl)S(C)(=O)=O. The molecule has 180 valence electrons. The summed E-state index contributed by atoms with van der Waals surface area (Å²) < 4.78 is 26.0. The number of rotatable bonds is 10. The van der Waals surface area contributed by atoms with E-state index in [2.05, 4.69) is 5.32 Å². The Morgan fingerprint density at radius 3 is 2.30 bits per heavy atom. The van der Waals surface area contributed by atoms with Gasteiger partial charge in [0.1, 0.15) is 12.6 Å². The van der Waals surface area contributed by atoms with Crippen molar-refractivity contribution in [2.75, 3.05) is 23.7 Å². The largest absolute Gasteiger partial charge is 0.354 e. The molecule has 33 heavy (non-hydrogen) atoms. The van der Waals surface area contributed by atoms with Gasteiger partial charge in [0, 0.05) is 23.1 Å². The number of carbonyl (C=O) groups is 2. The molecule has 1 unspecified atom stereocenters. The van der Waals surface area contributed by atoms with Crippen LogP contribution in [0, 0.1) is 0 Å². The lowest BCUT2D eigenvalue weighted by Crippen LogP contribution is -2.51. The molecule has 0 bridgehead atoms. The van der Waals surface area contributed by atoms with Crippen LogP contribution >= 0.6 is 34.8 Å². The van der Waals surface area contributed by atoms with Crippen LogP contribution in [0.4, 0.5) is 5.69 Å².